The Morgan fingerprint density at radius 2 is 1.89 bits per heavy atom. The van der Waals surface area contributed by atoms with Crippen LogP contribution in [0.2, 0.25) is 0 Å². The molecule has 1 saturated carbocycles. The molecule has 8 nitrogen and oxygen atoms in total. The highest BCUT2D eigenvalue weighted by Crippen LogP contribution is 2.43. The van der Waals surface area contributed by atoms with Gasteiger partial charge in [0.2, 0.25) is 5.91 Å². The zero-order valence-corrected chi connectivity index (χ0v) is 16.2. The molecule has 4 amide bonds. The molecular formula is C20H27N5O3. The average molecular weight is 385 g/mol. The minimum absolute atomic E-state index is 0.0514. The zero-order chi connectivity index (χ0) is 19.7. The maximum Gasteiger partial charge on any atom is 0.322 e. The van der Waals surface area contributed by atoms with E-state index >= 15 is 0 Å². The molecule has 3 N–H and O–H groups in total. The quantitative estimate of drug-likeness (QED) is 0.639. The first-order valence-electron chi connectivity index (χ1n) is 9.96. The minimum Gasteiger partial charge on any atom is -0.386 e. The summed E-state index contributed by atoms with van der Waals surface area (Å²) in [5.41, 5.74) is 1.34. The zero-order valence-electron chi connectivity index (χ0n) is 16.2. The number of carbonyl (C=O) groups excluding carboxylic acids is 3. The SMILES string of the molecule is CNc1ccccc1N1CCN(C(=O)CCC2(C3CC3)NC(=O)NC2=O)CC1. The Labute approximate surface area is 164 Å². The van der Waals surface area contributed by atoms with Gasteiger partial charge >= 0.3 is 6.03 Å². The van der Waals surface area contributed by atoms with E-state index in [9.17, 15) is 14.4 Å². The number of imide groups is 1. The Bertz CT molecular complexity index is 786. The predicted octanol–water partition coefficient (Wildman–Crippen LogP) is 1.15. The fourth-order valence-corrected chi connectivity index (χ4v) is 4.37. The molecule has 0 aromatic heterocycles. The van der Waals surface area contributed by atoms with Gasteiger partial charge in [-0.25, -0.2) is 4.79 Å². The van der Waals surface area contributed by atoms with Crippen LogP contribution in [0.4, 0.5) is 16.2 Å². The number of benzene rings is 1. The van der Waals surface area contributed by atoms with Crippen molar-refractivity contribution in [2.75, 3.05) is 43.4 Å². The number of hydrogen-bond acceptors (Lipinski definition) is 5. The van der Waals surface area contributed by atoms with Gasteiger partial charge in [0.1, 0.15) is 5.54 Å². The highest BCUT2D eigenvalue weighted by atomic mass is 16.2. The molecule has 1 aliphatic carbocycles. The molecule has 0 spiro atoms. The van der Waals surface area contributed by atoms with E-state index in [0.717, 1.165) is 37.3 Å². The standard InChI is InChI=1S/C20H27N5O3/c1-21-15-4-2-3-5-16(15)24-10-12-25(13-11-24)17(26)8-9-20(14-6-7-14)18(27)22-19(28)23-20/h2-5,14,21H,6-13H2,1H3,(H2,22,23,27,28). The molecular weight excluding hydrogens is 358 g/mol. The first kappa shape index (κ1) is 18.6. The van der Waals surface area contributed by atoms with E-state index in [1.807, 2.05) is 30.1 Å². The molecule has 1 atom stereocenters. The van der Waals surface area contributed by atoms with Crippen molar-refractivity contribution in [1.29, 1.82) is 0 Å². The van der Waals surface area contributed by atoms with Gasteiger partial charge in [0.15, 0.2) is 0 Å². The lowest BCUT2D eigenvalue weighted by molar-refractivity contribution is -0.132. The van der Waals surface area contributed by atoms with Gasteiger partial charge in [-0.3, -0.25) is 14.9 Å². The Morgan fingerprint density at radius 1 is 1.18 bits per heavy atom. The predicted molar refractivity (Wildman–Crippen MR) is 106 cm³/mol. The van der Waals surface area contributed by atoms with E-state index < -0.39 is 11.6 Å². The first-order valence-corrected chi connectivity index (χ1v) is 9.96. The number of amides is 4. The summed E-state index contributed by atoms with van der Waals surface area (Å²) in [7, 11) is 1.91. The van der Waals surface area contributed by atoms with Gasteiger partial charge in [0.25, 0.3) is 5.91 Å². The summed E-state index contributed by atoms with van der Waals surface area (Å²) in [5, 5.41) is 8.35. The maximum absolute atomic E-state index is 12.7. The van der Waals surface area contributed by atoms with Crippen LogP contribution >= 0.6 is 0 Å². The van der Waals surface area contributed by atoms with E-state index in [1.54, 1.807) is 0 Å². The van der Waals surface area contributed by atoms with Crippen molar-refractivity contribution in [3.8, 4) is 0 Å². The molecule has 2 aliphatic heterocycles. The van der Waals surface area contributed by atoms with E-state index in [4.69, 9.17) is 0 Å². The summed E-state index contributed by atoms with van der Waals surface area (Å²) >= 11 is 0. The largest absolute Gasteiger partial charge is 0.386 e. The molecule has 1 aromatic carbocycles. The lowest BCUT2D eigenvalue weighted by Gasteiger charge is -2.37. The second-order valence-electron chi connectivity index (χ2n) is 7.79. The number of anilines is 2. The Balaban J connectivity index is 1.33. The van der Waals surface area contributed by atoms with Crippen molar-refractivity contribution in [1.82, 2.24) is 15.5 Å². The fourth-order valence-electron chi connectivity index (χ4n) is 4.37. The van der Waals surface area contributed by atoms with Gasteiger partial charge in [-0.05, 0) is 37.3 Å². The highest BCUT2D eigenvalue weighted by Gasteiger charge is 2.55. The van der Waals surface area contributed by atoms with Gasteiger partial charge < -0.3 is 20.4 Å². The van der Waals surface area contributed by atoms with E-state index in [2.05, 4.69) is 26.9 Å². The Morgan fingerprint density at radius 3 is 2.50 bits per heavy atom. The summed E-state index contributed by atoms with van der Waals surface area (Å²) in [6, 6.07) is 7.71. The second kappa shape index (κ2) is 7.33. The molecule has 0 bridgehead atoms. The molecule has 3 aliphatic rings. The van der Waals surface area contributed by atoms with Crippen LogP contribution in [0.1, 0.15) is 25.7 Å². The van der Waals surface area contributed by atoms with Crippen LogP contribution in [0, 0.1) is 5.92 Å². The number of hydrogen-bond donors (Lipinski definition) is 3. The molecule has 2 heterocycles. The molecule has 2 saturated heterocycles. The van der Waals surface area contributed by atoms with Crippen LogP contribution in [0.25, 0.3) is 0 Å². The lowest BCUT2D eigenvalue weighted by atomic mass is 9.87. The van der Waals surface area contributed by atoms with Crippen LogP contribution in [-0.4, -0.2) is 61.5 Å². The van der Waals surface area contributed by atoms with Crippen molar-refractivity contribution >= 4 is 29.2 Å². The lowest BCUT2D eigenvalue weighted by Crippen LogP contribution is -2.52. The normalized spacial score (nSPS) is 24.8. The summed E-state index contributed by atoms with van der Waals surface area (Å²) < 4.78 is 0. The summed E-state index contributed by atoms with van der Waals surface area (Å²) in [6.45, 7) is 2.86. The molecule has 1 unspecified atom stereocenters. The van der Waals surface area contributed by atoms with E-state index in [1.165, 1.54) is 0 Å². The average Bonchev–Trinajstić information content (AvgIpc) is 3.52. The molecule has 4 rings (SSSR count). The summed E-state index contributed by atoms with van der Waals surface area (Å²) in [5.74, 6) is -0.0709. The molecule has 150 valence electrons. The first-order chi connectivity index (χ1) is 13.5. The number of nitrogens with one attached hydrogen (secondary N) is 3. The maximum atomic E-state index is 12.7. The number of carbonyl (C=O) groups is 3. The summed E-state index contributed by atoms with van der Waals surface area (Å²) in [4.78, 5) is 40.8. The Hall–Kier alpha value is -2.77. The van der Waals surface area contributed by atoms with Crippen LogP contribution in [0.3, 0.4) is 0 Å². The van der Waals surface area contributed by atoms with E-state index in [-0.39, 0.29) is 24.2 Å². The topological polar surface area (TPSA) is 93.8 Å². The van der Waals surface area contributed by atoms with Crippen LogP contribution in [0.15, 0.2) is 24.3 Å². The molecule has 3 fully saturated rings. The molecule has 8 heteroatoms. The van der Waals surface area contributed by atoms with Gasteiger partial charge in [-0.15, -0.1) is 0 Å². The molecule has 0 radical (unpaired) electrons. The van der Waals surface area contributed by atoms with Crippen LogP contribution < -0.4 is 20.9 Å². The van der Waals surface area contributed by atoms with Crippen molar-refractivity contribution in [2.45, 2.75) is 31.2 Å². The fraction of sp³-hybridized carbons (Fsp3) is 0.550. The van der Waals surface area contributed by atoms with Gasteiger partial charge in [0, 0.05) is 39.6 Å². The minimum atomic E-state index is -0.889. The monoisotopic (exact) mass is 385 g/mol. The third-order valence-corrected chi connectivity index (χ3v) is 6.12. The van der Waals surface area contributed by atoms with Crippen LogP contribution in [0.5, 0.6) is 0 Å². The van der Waals surface area contributed by atoms with Crippen molar-refractivity contribution in [3.63, 3.8) is 0 Å². The highest BCUT2D eigenvalue weighted by molar-refractivity contribution is 6.07. The molecule has 1 aromatic rings. The third-order valence-electron chi connectivity index (χ3n) is 6.12. The third kappa shape index (κ3) is 3.39. The number of rotatable bonds is 6. The number of nitrogens with zero attached hydrogens (tertiary/aromatic N) is 2. The Kier molecular flexibility index (Phi) is 4.87. The molecule has 28 heavy (non-hydrogen) atoms. The van der Waals surface area contributed by atoms with E-state index in [0.29, 0.717) is 19.5 Å². The van der Waals surface area contributed by atoms with Crippen LogP contribution in [-0.2, 0) is 9.59 Å². The van der Waals surface area contributed by atoms with Crippen molar-refractivity contribution in [2.24, 2.45) is 5.92 Å². The second-order valence-corrected chi connectivity index (χ2v) is 7.79. The van der Waals surface area contributed by atoms with Gasteiger partial charge in [-0.2, -0.15) is 0 Å². The van der Waals surface area contributed by atoms with Crippen molar-refractivity contribution < 1.29 is 14.4 Å². The number of piperazine rings is 1. The number of para-hydroxylation sites is 2. The van der Waals surface area contributed by atoms with Gasteiger partial charge in [-0.1, -0.05) is 12.1 Å². The summed E-state index contributed by atoms with van der Waals surface area (Å²) in [6.07, 6.45) is 2.49. The van der Waals surface area contributed by atoms with Crippen molar-refractivity contribution in [3.05, 3.63) is 24.3 Å². The smallest absolute Gasteiger partial charge is 0.322 e. The van der Waals surface area contributed by atoms with Gasteiger partial charge in [0.05, 0.1) is 11.4 Å². The number of urea groups is 1.